The van der Waals surface area contributed by atoms with Gasteiger partial charge in [0, 0.05) is 11.6 Å². The number of anilines is 1. The van der Waals surface area contributed by atoms with E-state index < -0.39 is 18.0 Å². The molecule has 3 amide bonds. The van der Waals surface area contributed by atoms with Crippen LogP contribution in [0.5, 0.6) is 0 Å². The summed E-state index contributed by atoms with van der Waals surface area (Å²) in [5.41, 5.74) is -0.0455. The number of carboxylic acid groups (broad SMARTS) is 1. The van der Waals surface area contributed by atoms with Gasteiger partial charge >= 0.3 is 12.0 Å². The Kier molecular flexibility index (Phi) is 5.98. The maximum atomic E-state index is 11.8. The van der Waals surface area contributed by atoms with Crippen molar-refractivity contribution in [2.75, 3.05) is 11.9 Å². The van der Waals surface area contributed by atoms with Crippen molar-refractivity contribution in [3.63, 3.8) is 0 Å². The molecule has 1 aromatic rings. The number of benzene rings is 1. The van der Waals surface area contributed by atoms with E-state index in [0.717, 1.165) is 0 Å². The number of amides is 3. The Morgan fingerprint density at radius 2 is 2.00 bits per heavy atom. The fraction of sp³-hybridized carbons (Fsp3) is 0.308. The molecule has 8 heteroatoms. The zero-order chi connectivity index (χ0) is 16.0. The van der Waals surface area contributed by atoms with Gasteiger partial charge in [-0.25, -0.2) is 9.59 Å². The molecule has 4 N–H and O–H groups in total. The lowest BCUT2D eigenvalue weighted by atomic mass is 10.2. The topological polar surface area (TPSA) is 108 Å². The van der Waals surface area contributed by atoms with E-state index in [2.05, 4.69) is 16.0 Å². The Morgan fingerprint density at radius 3 is 2.57 bits per heavy atom. The van der Waals surface area contributed by atoms with Crippen molar-refractivity contribution in [2.24, 2.45) is 0 Å². The number of likely N-dealkylation sites (N-methyl/N-ethyl adjacent to an activating group) is 1. The Bertz CT molecular complexity index is 562. The van der Waals surface area contributed by atoms with Gasteiger partial charge in [-0.3, -0.25) is 4.79 Å². The lowest BCUT2D eigenvalue weighted by Crippen LogP contribution is -2.46. The smallest absolute Gasteiger partial charge is 0.337 e. The first-order valence-electron chi connectivity index (χ1n) is 6.23. The molecule has 0 heterocycles. The van der Waals surface area contributed by atoms with Gasteiger partial charge in [0.1, 0.15) is 6.04 Å². The van der Waals surface area contributed by atoms with Gasteiger partial charge in [0.05, 0.1) is 11.3 Å². The van der Waals surface area contributed by atoms with E-state index in [1.165, 1.54) is 25.1 Å². The van der Waals surface area contributed by atoms with E-state index in [-0.39, 0.29) is 22.2 Å². The van der Waals surface area contributed by atoms with Crippen LogP contribution >= 0.6 is 11.6 Å². The molecule has 0 saturated heterocycles. The molecule has 0 aromatic heterocycles. The number of halogens is 1. The van der Waals surface area contributed by atoms with Crippen LogP contribution in [-0.4, -0.2) is 35.6 Å². The number of carbonyl (C=O) groups is 3. The molecule has 1 rings (SSSR count). The monoisotopic (exact) mass is 313 g/mol. The fourth-order valence-electron chi connectivity index (χ4n) is 1.55. The van der Waals surface area contributed by atoms with Crippen molar-refractivity contribution in [3.05, 3.63) is 28.8 Å². The highest BCUT2D eigenvalue weighted by molar-refractivity contribution is 6.31. The zero-order valence-electron chi connectivity index (χ0n) is 11.6. The molecule has 0 bridgehead atoms. The van der Waals surface area contributed by atoms with Crippen molar-refractivity contribution in [2.45, 2.75) is 19.9 Å². The number of carbonyl (C=O) groups excluding carboxylic acids is 2. The van der Waals surface area contributed by atoms with Crippen LogP contribution in [0.3, 0.4) is 0 Å². The summed E-state index contributed by atoms with van der Waals surface area (Å²) < 4.78 is 0. The molecule has 1 atom stereocenters. The minimum absolute atomic E-state index is 0.0903. The van der Waals surface area contributed by atoms with Crippen LogP contribution in [0.4, 0.5) is 10.5 Å². The Morgan fingerprint density at radius 1 is 1.33 bits per heavy atom. The average Bonchev–Trinajstić information content (AvgIpc) is 2.40. The number of aromatic carboxylic acids is 1. The van der Waals surface area contributed by atoms with Gasteiger partial charge in [-0.1, -0.05) is 11.6 Å². The molecule has 1 aromatic carbocycles. The fourth-order valence-corrected chi connectivity index (χ4v) is 1.72. The lowest BCUT2D eigenvalue weighted by molar-refractivity contribution is -0.122. The van der Waals surface area contributed by atoms with Crippen molar-refractivity contribution in [1.82, 2.24) is 10.6 Å². The quantitative estimate of drug-likeness (QED) is 0.663. The summed E-state index contributed by atoms with van der Waals surface area (Å²) in [6, 6.07) is 2.63. The third-order valence-electron chi connectivity index (χ3n) is 2.55. The summed E-state index contributed by atoms with van der Waals surface area (Å²) in [6.07, 6.45) is 0. The van der Waals surface area contributed by atoms with Gasteiger partial charge in [-0.15, -0.1) is 0 Å². The standard InChI is InChI=1S/C13H16ClN3O4/c1-3-15-11(18)7(2)16-13(21)17-10-5-4-8(14)6-9(10)12(19)20/h4-7H,3H2,1-2H3,(H,15,18)(H,19,20)(H2,16,17,21). The summed E-state index contributed by atoms with van der Waals surface area (Å²) >= 11 is 5.71. The highest BCUT2D eigenvalue weighted by Crippen LogP contribution is 2.20. The number of hydrogen-bond donors (Lipinski definition) is 4. The molecule has 0 aliphatic heterocycles. The molecule has 21 heavy (non-hydrogen) atoms. The molecule has 0 spiro atoms. The van der Waals surface area contributed by atoms with E-state index in [9.17, 15) is 14.4 Å². The summed E-state index contributed by atoms with van der Waals surface area (Å²) in [5, 5.41) is 16.6. The first-order chi connectivity index (χ1) is 9.85. The van der Waals surface area contributed by atoms with Gasteiger partial charge in [-0.2, -0.15) is 0 Å². The number of hydrogen-bond acceptors (Lipinski definition) is 3. The van der Waals surface area contributed by atoms with Crippen LogP contribution in [0, 0.1) is 0 Å². The molecule has 0 fully saturated rings. The Hall–Kier alpha value is -2.28. The minimum atomic E-state index is -1.22. The van der Waals surface area contributed by atoms with Crippen LogP contribution in [0.2, 0.25) is 5.02 Å². The second-order valence-corrected chi connectivity index (χ2v) is 4.65. The highest BCUT2D eigenvalue weighted by atomic mass is 35.5. The first-order valence-corrected chi connectivity index (χ1v) is 6.61. The minimum Gasteiger partial charge on any atom is -0.478 e. The van der Waals surface area contributed by atoms with Crippen molar-refractivity contribution in [3.8, 4) is 0 Å². The molecule has 114 valence electrons. The Labute approximate surface area is 126 Å². The SMILES string of the molecule is CCNC(=O)C(C)NC(=O)Nc1ccc(Cl)cc1C(=O)O. The van der Waals surface area contributed by atoms with Crippen LogP contribution < -0.4 is 16.0 Å². The predicted octanol–water partition coefficient (Wildman–Crippen LogP) is 1.68. The summed E-state index contributed by atoms with van der Waals surface area (Å²) in [5.74, 6) is -1.55. The average molecular weight is 314 g/mol. The second kappa shape index (κ2) is 7.49. The summed E-state index contributed by atoms with van der Waals surface area (Å²) in [4.78, 5) is 34.3. The maximum Gasteiger partial charge on any atom is 0.337 e. The molecule has 0 aliphatic rings. The number of urea groups is 1. The zero-order valence-corrected chi connectivity index (χ0v) is 12.3. The predicted molar refractivity (Wildman–Crippen MR) is 78.7 cm³/mol. The Balaban J connectivity index is 2.75. The number of nitrogens with one attached hydrogen (secondary N) is 3. The van der Waals surface area contributed by atoms with E-state index in [0.29, 0.717) is 6.54 Å². The summed E-state index contributed by atoms with van der Waals surface area (Å²) in [6.45, 7) is 3.73. The first kappa shape index (κ1) is 16.8. The lowest BCUT2D eigenvalue weighted by Gasteiger charge is -2.15. The normalized spacial score (nSPS) is 11.4. The van der Waals surface area contributed by atoms with Crippen molar-refractivity contribution >= 4 is 35.2 Å². The van der Waals surface area contributed by atoms with Gasteiger partial charge in [0.25, 0.3) is 0 Å². The maximum absolute atomic E-state index is 11.8. The molecule has 0 radical (unpaired) electrons. The van der Waals surface area contributed by atoms with Crippen LogP contribution in [0.15, 0.2) is 18.2 Å². The van der Waals surface area contributed by atoms with Crippen LogP contribution in [0.1, 0.15) is 24.2 Å². The van der Waals surface area contributed by atoms with Crippen LogP contribution in [0.25, 0.3) is 0 Å². The molecular formula is C13H16ClN3O4. The van der Waals surface area contributed by atoms with Gasteiger partial charge in [-0.05, 0) is 32.0 Å². The second-order valence-electron chi connectivity index (χ2n) is 4.21. The third-order valence-corrected chi connectivity index (χ3v) is 2.79. The van der Waals surface area contributed by atoms with Crippen molar-refractivity contribution in [1.29, 1.82) is 0 Å². The van der Waals surface area contributed by atoms with E-state index in [1.54, 1.807) is 6.92 Å². The summed E-state index contributed by atoms with van der Waals surface area (Å²) in [7, 11) is 0. The van der Waals surface area contributed by atoms with Crippen LogP contribution in [-0.2, 0) is 4.79 Å². The molecule has 0 saturated carbocycles. The van der Waals surface area contributed by atoms with Gasteiger partial charge in [0.2, 0.25) is 5.91 Å². The van der Waals surface area contributed by atoms with Crippen molar-refractivity contribution < 1.29 is 19.5 Å². The van der Waals surface area contributed by atoms with E-state index >= 15 is 0 Å². The van der Waals surface area contributed by atoms with Gasteiger partial charge < -0.3 is 21.1 Å². The largest absolute Gasteiger partial charge is 0.478 e. The molecule has 7 nitrogen and oxygen atoms in total. The van der Waals surface area contributed by atoms with E-state index in [1.807, 2.05) is 0 Å². The molecular weight excluding hydrogens is 298 g/mol. The highest BCUT2D eigenvalue weighted by Gasteiger charge is 2.17. The molecule has 1 unspecified atom stereocenters. The number of carboxylic acids is 1. The number of rotatable bonds is 5. The van der Waals surface area contributed by atoms with E-state index in [4.69, 9.17) is 16.7 Å². The molecule has 0 aliphatic carbocycles. The van der Waals surface area contributed by atoms with Gasteiger partial charge in [0.15, 0.2) is 0 Å². The third kappa shape index (κ3) is 4.96.